The molecule has 160 valence electrons. The summed E-state index contributed by atoms with van der Waals surface area (Å²) in [5, 5.41) is 0. The lowest BCUT2D eigenvalue weighted by Gasteiger charge is -2.17. The molecule has 0 heterocycles. The van der Waals surface area contributed by atoms with Crippen LogP contribution in [0.1, 0.15) is 54.1 Å². The maximum absolute atomic E-state index is 13.2. The summed E-state index contributed by atoms with van der Waals surface area (Å²) in [5.74, 6) is 11.9. The van der Waals surface area contributed by atoms with Crippen LogP contribution in [0.4, 0.5) is 0 Å². The lowest BCUT2D eigenvalue weighted by atomic mass is 9.82. The van der Waals surface area contributed by atoms with Gasteiger partial charge in [0.15, 0.2) is 11.6 Å². The number of hydrogen-bond donors (Lipinski definition) is 2. The molecule has 4 aromatic rings. The maximum Gasteiger partial charge on any atom is 0.194 e. The van der Waals surface area contributed by atoms with E-state index in [9.17, 15) is 9.59 Å². The van der Waals surface area contributed by atoms with E-state index in [-0.39, 0.29) is 11.6 Å². The third-order valence-corrected chi connectivity index (χ3v) is 6.05. The Labute approximate surface area is 208 Å². The molecule has 34 heavy (non-hydrogen) atoms. The first kappa shape index (κ1) is 21.9. The Morgan fingerprint density at radius 2 is 0.735 bits per heavy atom. The number of rotatable bonds is 0. The fraction of sp³-hybridized carbons (Fsp3) is 0. The van der Waals surface area contributed by atoms with Gasteiger partial charge in [0.2, 0.25) is 0 Å². The Bertz CT molecular complexity index is 1470. The van der Waals surface area contributed by atoms with Gasteiger partial charge in [-0.15, -0.1) is 25.3 Å². The standard InChI is InChI=1S/C30H16O2S2/c31-29-26-16-10-22(4-2-20-7-13-24(34)14-8-20)18-28(26)30(32)25-15-9-21(17-27(25)29)3-1-19-5-11-23(33)12-6-19/h5-18,33-34H. The summed E-state index contributed by atoms with van der Waals surface area (Å²) in [5.41, 5.74) is 4.56. The first-order valence-corrected chi connectivity index (χ1v) is 11.4. The lowest BCUT2D eigenvalue weighted by molar-refractivity contribution is 0.0979. The van der Waals surface area contributed by atoms with Crippen LogP contribution in [-0.4, -0.2) is 11.6 Å². The zero-order chi connectivity index (χ0) is 23.7. The molecule has 0 fully saturated rings. The summed E-state index contributed by atoms with van der Waals surface area (Å²) >= 11 is 8.55. The van der Waals surface area contributed by atoms with Crippen LogP contribution in [0.3, 0.4) is 0 Å². The zero-order valence-corrected chi connectivity index (χ0v) is 19.6. The number of hydrogen-bond acceptors (Lipinski definition) is 4. The highest BCUT2D eigenvalue weighted by Gasteiger charge is 2.29. The first-order valence-electron chi connectivity index (χ1n) is 10.5. The molecule has 0 N–H and O–H groups in total. The van der Waals surface area contributed by atoms with Gasteiger partial charge < -0.3 is 0 Å². The van der Waals surface area contributed by atoms with Crippen LogP contribution < -0.4 is 0 Å². The second kappa shape index (κ2) is 9.12. The van der Waals surface area contributed by atoms with Crippen molar-refractivity contribution in [3.63, 3.8) is 0 Å². The molecule has 4 heteroatoms. The molecule has 4 aromatic carbocycles. The molecular formula is C30H16O2S2. The van der Waals surface area contributed by atoms with Gasteiger partial charge in [0.05, 0.1) is 0 Å². The SMILES string of the molecule is O=C1c2ccc(C#Cc3ccc(S)cc3)cc2C(=O)c2ccc(C#Cc3ccc(S)cc3)cc21. The van der Waals surface area contributed by atoms with Crippen molar-refractivity contribution < 1.29 is 9.59 Å². The topological polar surface area (TPSA) is 34.1 Å². The van der Waals surface area contributed by atoms with Crippen LogP contribution in [0.2, 0.25) is 0 Å². The van der Waals surface area contributed by atoms with Crippen molar-refractivity contribution in [1.29, 1.82) is 0 Å². The smallest absolute Gasteiger partial charge is 0.194 e. The van der Waals surface area contributed by atoms with Gasteiger partial charge >= 0.3 is 0 Å². The van der Waals surface area contributed by atoms with Crippen molar-refractivity contribution in [1.82, 2.24) is 0 Å². The van der Waals surface area contributed by atoms with Crippen LogP contribution >= 0.6 is 25.3 Å². The van der Waals surface area contributed by atoms with E-state index >= 15 is 0 Å². The van der Waals surface area contributed by atoms with E-state index in [4.69, 9.17) is 0 Å². The molecule has 0 unspecified atom stereocenters. The summed E-state index contributed by atoms with van der Waals surface area (Å²) in [7, 11) is 0. The predicted molar refractivity (Wildman–Crippen MR) is 139 cm³/mol. The maximum atomic E-state index is 13.2. The summed E-state index contributed by atoms with van der Waals surface area (Å²) in [6, 6.07) is 25.3. The first-order chi connectivity index (χ1) is 16.5. The van der Waals surface area contributed by atoms with Crippen LogP contribution in [0.25, 0.3) is 0 Å². The number of fused-ring (bicyclic) bond motifs is 2. The van der Waals surface area contributed by atoms with Gasteiger partial charge in [0.25, 0.3) is 0 Å². The van der Waals surface area contributed by atoms with E-state index in [1.807, 2.05) is 48.5 Å². The van der Waals surface area contributed by atoms with E-state index < -0.39 is 0 Å². The highest BCUT2D eigenvalue weighted by atomic mass is 32.1. The van der Waals surface area contributed by atoms with Crippen LogP contribution in [-0.2, 0) is 0 Å². The van der Waals surface area contributed by atoms with Gasteiger partial charge in [-0.25, -0.2) is 0 Å². The summed E-state index contributed by atoms with van der Waals surface area (Å²) < 4.78 is 0. The highest BCUT2D eigenvalue weighted by molar-refractivity contribution is 7.80. The summed E-state index contributed by atoms with van der Waals surface area (Å²) in [4.78, 5) is 28.1. The molecule has 1 aliphatic carbocycles. The van der Waals surface area contributed by atoms with E-state index in [2.05, 4.69) is 48.9 Å². The Balaban J connectivity index is 1.46. The zero-order valence-electron chi connectivity index (χ0n) is 17.8. The van der Waals surface area contributed by atoms with Crippen LogP contribution in [0, 0.1) is 23.7 Å². The monoisotopic (exact) mass is 472 g/mol. The van der Waals surface area contributed by atoms with E-state index in [1.165, 1.54) is 0 Å². The second-order valence-electron chi connectivity index (χ2n) is 7.77. The number of carbonyl (C=O) groups excluding carboxylic acids is 2. The van der Waals surface area contributed by atoms with Gasteiger partial charge in [-0.1, -0.05) is 23.7 Å². The van der Waals surface area contributed by atoms with Crippen LogP contribution in [0.5, 0.6) is 0 Å². The summed E-state index contributed by atoms with van der Waals surface area (Å²) in [6.07, 6.45) is 0. The third kappa shape index (κ3) is 4.43. The molecule has 0 radical (unpaired) electrons. The molecule has 0 saturated heterocycles. The fourth-order valence-electron chi connectivity index (χ4n) is 3.68. The van der Waals surface area contributed by atoms with E-state index in [1.54, 1.807) is 36.4 Å². The molecular weight excluding hydrogens is 456 g/mol. The Kier molecular flexibility index (Phi) is 5.86. The third-order valence-electron chi connectivity index (χ3n) is 5.45. The largest absolute Gasteiger partial charge is 0.289 e. The molecule has 0 spiro atoms. The number of carbonyl (C=O) groups is 2. The Morgan fingerprint density at radius 1 is 0.412 bits per heavy atom. The second-order valence-corrected chi connectivity index (χ2v) is 8.81. The molecule has 0 amide bonds. The van der Waals surface area contributed by atoms with Gasteiger partial charge in [-0.05, 0) is 84.9 Å². The average molecular weight is 473 g/mol. The van der Waals surface area contributed by atoms with Crippen molar-refractivity contribution in [3.8, 4) is 23.7 Å². The molecule has 0 bridgehead atoms. The van der Waals surface area contributed by atoms with E-state index in [0.717, 1.165) is 20.9 Å². The van der Waals surface area contributed by atoms with E-state index in [0.29, 0.717) is 33.4 Å². The van der Waals surface area contributed by atoms with Gasteiger partial charge in [0.1, 0.15) is 0 Å². The molecule has 0 saturated carbocycles. The minimum Gasteiger partial charge on any atom is -0.289 e. The van der Waals surface area contributed by atoms with Crippen molar-refractivity contribution in [2.24, 2.45) is 0 Å². The fourth-order valence-corrected chi connectivity index (χ4v) is 3.98. The number of benzene rings is 4. The molecule has 1 aliphatic rings. The predicted octanol–water partition coefficient (Wildman–Crippen LogP) is 5.84. The molecule has 2 nitrogen and oxygen atoms in total. The number of ketones is 2. The van der Waals surface area contributed by atoms with Crippen LogP contribution in [0.15, 0.2) is 94.7 Å². The lowest BCUT2D eigenvalue weighted by Crippen LogP contribution is -2.21. The Morgan fingerprint density at radius 3 is 1.12 bits per heavy atom. The highest BCUT2D eigenvalue weighted by Crippen LogP contribution is 2.28. The molecule has 0 atom stereocenters. The summed E-state index contributed by atoms with van der Waals surface area (Å²) in [6.45, 7) is 0. The molecule has 0 aromatic heterocycles. The van der Waals surface area contributed by atoms with Crippen molar-refractivity contribution >= 4 is 36.8 Å². The molecule has 0 aliphatic heterocycles. The van der Waals surface area contributed by atoms with Gasteiger partial charge in [-0.3, -0.25) is 9.59 Å². The minimum atomic E-state index is -0.184. The van der Waals surface area contributed by atoms with Crippen molar-refractivity contribution in [2.45, 2.75) is 9.79 Å². The normalized spacial score (nSPS) is 11.5. The van der Waals surface area contributed by atoms with Gasteiger partial charge in [-0.2, -0.15) is 0 Å². The Hall–Kier alpha value is -3.96. The van der Waals surface area contributed by atoms with Crippen molar-refractivity contribution in [2.75, 3.05) is 0 Å². The minimum absolute atomic E-state index is 0.184. The molecule has 5 rings (SSSR count). The number of thiol groups is 2. The quantitative estimate of drug-likeness (QED) is 0.219. The average Bonchev–Trinajstić information content (AvgIpc) is 2.86. The van der Waals surface area contributed by atoms with Crippen molar-refractivity contribution in [3.05, 3.63) is 129 Å². The van der Waals surface area contributed by atoms with Gasteiger partial charge in [0, 0.05) is 54.3 Å².